The van der Waals surface area contributed by atoms with Crippen LogP contribution in [0.15, 0.2) is 18.2 Å². The number of ether oxygens (including phenoxy) is 1. The quantitative estimate of drug-likeness (QED) is 0.823. The third-order valence-corrected chi connectivity index (χ3v) is 5.67. The van der Waals surface area contributed by atoms with Crippen molar-refractivity contribution in [3.8, 4) is 5.75 Å². The summed E-state index contributed by atoms with van der Waals surface area (Å²) < 4.78 is 5.84. The van der Waals surface area contributed by atoms with Crippen molar-refractivity contribution in [1.29, 1.82) is 0 Å². The second-order valence-corrected chi connectivity index (χ2v) is 6.60. The Morgan fingerprint density at radius 2 is 2.14 bits per heavy atom. The van der Waals surface area contributed by atoms with Crippen molar-refractivity contribution in [1.82, 2.24) is 0 Å². The molecule has 5 heteroatoms. The third kappa shape index (κ3) is 1.79. The lowest BCUT2D eigenvalue weighted by Crippen LogP contribution is -2.31. The van der Waals surface area contributed by atoms with Crippen LogP contribution in [0.1, 0.15) is 36.8 Å². The fourth-order valence-corrected chi connectivity index (χ4v) is 4.71. The molecule has 3 aliphatic rings. The van der Waals surface area contributed by atoms with Crippen LogP contribution in [0.4, 0.5) is 0 Å². The summed E-state index contributed by atoms with van der Waals surface area (Å²) in [6, 6.07) is 5.52. The van der Waals surface area contributed by atoms with Crippen molar-refractivity contribution in [3.05, 3.63) is 29.3 Å². The predicted octanol–water partition coefficient (Wildman–Crippen LogP) is 1.32. The smallest absolute Gasteiger partial charge is 0.149 e. The van der Waals surface area contributed by atoms with Gasteiger partial charge in [0.25, 0.3) is 0 Å². The Bertz CT molecular complexity index is 617. The molecule has 4 rings (SSSR count). The van der Waals surface area contributed by atoms with Gasteiger partial charge in [0, 0.05) is 5.92 Å². The molecular weight excluding hydrogens is 282 g/mol. The van der Waals surface area contributed by atoms with Crippen LogP contribution < -0.4 is 10.7 Å². The van der Waals surface area contributed by atoms with E-state index >= 15 is 0 Å². The van der Waals surface area contributed by atoms with E-state index in [9.17, 15) is 9.90 Å². The highest BCUT2D eigenvalue weighted by atomic mass is 16.6. The van der Waals surface area contributed by atoms with Gasteiger partial charge in [0.1, 0.15) is 11.5 Å². The van der Waals surface area contributed by atoms with Crippen LogP contribution in [0, 0.1) is 11.8 Å². The van der Waals surface area contributed by atoms with Gasteiger partial charge in [-0.2, -0.15) is 5.90 Å². The first-order valence-corrected chi connectivity index (χ1v) is 8.02. The molecule has 1 aromatic carbocycles. The number of carbonyl (C=O) groups excluding carboxylic acids is 1. The Morgan fingerprint density at radius 3 is 2.82 bits per heavy atom. The molecule has 1 saturated carbocycles. The molecule has 1 aliphatic carbocycles. The Hall–Kier alpha value is -1.43. The summed E-state index contributed by atoms with van der Waals surface area (Å²) in [6.45, 7) is 2.04. The maximum absolute atomic E-state index is 12.9. The molecule has 0 aromatic heterocycles. The number of nitrogens with two attached hydrogens (primary N) is 1. The van der Waals surface area contributed by atoms with Crippen LogP contribution in [0.3, 0.4) is 0 Å². The van der Waals surface area contributed by atoms with Crippen LogP contribution in [0.25, 0.3) is 0 Å². The molecule has 6 atom stereocenters. The summed E-state index contributed by atoms with van der Waals surface area (Å²) >= 11 is 0. The van der Waals surface area contributed by atoms with Crippen LogP contribution in [-0.2, 0) is 16.0 Å². The van der Waals surface area contributed by atoms with Crippen LogP contribution in [0.5, 0.6) is 5.75 Å². The maximum atomic E-state index is 12.9. The molecule has 6 unspecified atom stereocenters. The van der Waals surface area contributed by atoms with E-state index in [0.29, 0.717) is 5.75 Å². The highest BCUT2D eigenvalue weighted by Crippen LogP contribution is 2.54. The molecule has 22 heavy (non-hydrogen) atoms. The molecule has 3 N–H and O–H groups in total. The first-order chi connectivity index (χ1) is 10.7. The van der Waals surface area contributed by atoms with Gasteiger partial charge in [0.15, 0.2) is 0 Å². The number of benzene rings is 1. The van der Waals surface area contributed by atoms with Gasteiger partial charge in [0.05, 0.1) is 30.1 Å². The Kier molecular flexibility index (Phi) is 3.25. The van der Waals surface area contributed by atoms with E-state index in [4.69, 9.17) is 15.5 Å². The first kappa shape index (κ1) is 14.2. The van der Waals surface area contributed by atoms with Crippen molar-refractivity contribution < 1.29 is 19.5 Å². The molecule has 0 radical (unpaired) electrons. The van der Waals surface area contributed by atoms with E-state index in [1.807, 2.05) is 13.0 Å². The van der Waals surface area contributed by atoms with Crippen molar-refractivity contribution in [2.75, 3.05) is 0 Å². The number of fused-ring (bicyclic) bond motifs is 5. The van der Waals surface area contributed by atoms with Crippen molar-refractivity contribution in [2.24, 2.45) is 17.7 Å². The second-order valence-electron chi connectivity index (χ2n) is 6.60. The maximum Gasteiger partial charge on any atom is 0.149 e. The fraction of sp³-hybridized carbons (Fsp3) is 0.588. The van der Waals surface area contributed by atoms with Crippen LogP contribution in [0.2, 0.25) is 0 Å². The zero-order chi connectivity index (χ0) is 15.4. The van der Waals surface area contributed by atoms with Gasteiger partial charge in [0.2, 0.25) is 0 Å². The molecule has 2 bridgehead atoms. The summed E-state index contributed by atoms with van der Waals surface area (Å²) in [5, 5.41) is 10.8. The number of carbonyl (C=O) groups is 1. The molecule has 1 aromatic rings. The van der Waals surface area contributed by atoms with Gasteiger partial charge in [-0.3, -0.25) is 4.79 Å². The number of aliphatic hydroxyl groups excluding tert-OH is 1. The summed E-state index contributed by atoms with van der Waals surface area (Å²) in [5.74, 6) is 5.21. The third-order valence-electron chi connectivity index (χ3n) is 5.67. The van der Waals surface area contributed by atoms with E-state index < -0.39 is 12.0 Å². The standard InChI is InChI=1S/C17H21NO4/c1-2-8-3-4-9(22-18)7-10(8)13-16(19)14-11-5-6-12(21-11)15(14)17(13)20/h3-4,7,11-16,19H,2,5-6,18H2,1H3. The number of hydrogen-bond acceptors (Lipinski definition) is 5. The Balaban J connectivity index is 1.76. The summed E-state index contributed by atoms with van der Waals surface area (Å²) in [6.07, 6.45) is 2.05. The number of aliphatic hydroxyl groups is 1. The number of rotatable bonds is 3. The average molecular weight is 303 g/mol. The first-order valence-electron chi connectivity index (χ1n) is 8.02. The molecule has 0 amide bonds. The minimum atomic E-state index is -0.675. The molecule has 3 fully saturated rings. The lowest BCUT2D eigenvalue weighted by Gasteiger charge is -2.23. The van der Waals surface area contributed by atoms with Gasteiger partial charge in [-0.15, -0.1) is 0 Å². The second kappa shape index (κ2) is 5.05. The van der Waals surface area contributed by atoms with E-state index in [2.05, 4.69) is 0 Å². The predicted molar refractivity (Wildman–Crippen MR) is 79.3 cm³/mol. The molecule has 2 aliphatic heterocycles. The van der Waals surface area contributed by atoms with Gasteiger partial charge in [-0.25, -0.2) is 0 Å². The summed E-state index contributed by atoms with van der Waals surface area (Å²) in [4.78, 5) is 17.8. The molecule has 2 saturated heterocycles. The highest BCUT2D eigenvalue weighted by Gasteiger charge is 2.62. The average Bonchev–Trinajstić information content (AvgIpc) is 3.21. The Labute approximate surface area is 129 Å². The summed E-state index contributed by atoms with van der Waals surface area (Å²) in [5.41, 5.74) is 1.92. The zero-order valence-electron chi connectivity index (χ0n) is 12.6. The molecule has 2 heterocycles. The van der Waals surface area contributed by atoms with Crippen molar-refractivity contribution >= 4 is 5.78 Å². The van der Waals surface area contributed by atoms with E-state index in [1.165, 1.54) is 0 Å². The van der Waals surface area contributed by atoms with E-state index in [0.717, 1.165) is 30.4 Å². The van der Waals surface area contributed by atoms with Gasteiger partial charge in [-0.05, 0) is 42.5 Å². The van der Waals surface area contributed by atoms with Crippen LogP contribution >= 0.6 is 0 Å². The minimum absolute atomic E-state index is 0.00108. The van der Waals surface area contributed by atoms with Gasteiger partial charge in [-0.1, -0.05) is 13.0 Å². The van der Waals surface area contributed by atoms with E-state index in [-0.39, 0.29) is 29.8 Å². The topological polar surface area (TPSA) is 81.8 Å². The Morgan fingerprint density at radius 1 is 1.36 bits per heavy atom. The lowest BCUT2D eigenvalue weighted by atomic mass is 9.81. The SMILES string of the molecule is CCc1ccc(ON)cc1C1C(=O)C2C3CCC(O3)C2C1O. The number of Topliss-reactive ketones (excluding diaryl/α,β-unsaturated/α-hetero) is 1. The van der Waals surface area contributed by atoms with Crippen molar-refractivity contribution in [3.63, 3.8) is 0 Å². The largest absolute Gasteiger partial charge is 0.412 e. The number of ketones is 1. The number of hydrogen-bond donors (Lipinski definition) is 2. The van der Waals surface area contributed by atoms with Crippen LogP contribution in [-0.4, -0.2) is 29.2 Å². The molecule has 118 valence electrons. The van der Waals surface area contributed by atoms with E-state index in [1.54, 1.807) is 12.1 Å². The molecule has 5 nitrogen and oxygen atoms in total. The molecule has 0 spiro atoms. The highest BCUT2D eigenvalue weighted by molar-refractivity contribution is 5.93. The zero-order valence-corrected chi connectivity index (χ0v) is 12.6. The minimum Gasteiger partial charge on any atom is -0.412 e. The lowest BCUT2D eigenvalue weighted by molar-refractivity contribution is -0.124. The fourth-order valence-electron chi connectivity index (χ4n) is 4.71. The van der Waals surface area contributed by atoms with Crippen molar-refractivity contribution in [2.45, 2.75) is 50.4 Å². The van der Waals surface area contributed by atoms with Gasteiger partial charge < -0.3 is 14.7 Å². The normalized spacial score (nSPS) is 39.3. The number of aryl methyl sites for hydroxylation is 1. The van der Waals surface area contributed by atoms with Gasteiger partial charge >= 0.3 is 0 Å². The molecular formula is C17H21NO4. The summed E-state index contributed by atoms with van der Waals surface area (Å²) in [7, 11) is 0. The monoisotopic (exact) mass is 303 g/mol.